The summed E-state index contributed by atoms with van der Waals surface area (Å²) in [4.78, 5) is 2.60. The number of piperidine rings is 1. The van der Waals surface area contributed by atoms with Crippen molar-refractivity contribution in [3.05, 3.63) is 71.8 Å². The molecular weight excluding hydrogens is 282 g/mol. The predicted octanol–water partition coefficient (Wildman–Crippen LogP) is 4.21. The van der Waals surface area contributed by atoms with Gasteiger partial charge in [-0.15, -0.1) is 0 Å². The fraction of sp³-hybridized carbons (Fsp3) is 0.429. The Kier molecular flexibility index (Phi) is 4.19. The van der Waals surface area contributed by atoms with Gasteiger partial charge in [-0.3, -0.25) is 0 Å². The Labute approximate surface area is 139 Å². The number of ether oxygens (including phenoxy) is 1. The zero-order valence-electron chi connectivity index (χ0n) is 13.7. The molecule has 1 unspecified atom stereocenters. The molecule has 0 N–H and O–H groups in total. The van der Waals surface area contributed by atoms with E-state index in [-0.39, 0.29) is 5.60 Å². The van der Waals surface area contributed by atoms with Gasteiger partial charge in [-0.2, -0.15) is 0 Å². The largest absolute Gasteiger partial charge is 0.356 e. The number of likely N-dealkylation sites (tertiary alicyclic amines) is 1. The van der Waals surface area contributed by atoms with E-state index in [1.165, 1.54) is 43.5 Å². The SMILES string of the molecule is c1ccc(C2(c3ccccc3)OC2CCN2CCCCC2)cc1. The second-order valence-corrected chi connectivity index (χ2v) is 6.77. The first kappa shape index (κ1) is 14.9. The molecule has 120 valence electrons. The molecule has 0 spiro atoms. The predicted molar refractivity (Wildman–Crippen MR) is 93.4 cm³/mol. The Morgan fingerprint density at radius 1 is 0.826 bits per heavy atom. The lowest BCUT2D eigenvalue weighted by Crippen LogP contribution is -2.31. The lowest BCUT2D eigenvalue weighted by Gasteiger charge is -2.26. The van der Waals surface area contributed by atoms with Crippen molar-refractivity contribution in [2.45, 2.75) is 37.4 Å². The van der Waals surface area contributed by atoms with Gasteiger partial charge in [0.2, 0.25) is 0 Å². The summed E-state index contributed by atoms with van der Waals surface area (Å²) in [5.41, 5.74) is 2.35. The minimum atomic E-state index is -0.224. The van der Waals surface area contributed by atoms with Crippen molar-refractivity contribution in [2.24, 2.45) is 0 Å². The molecule has 23 heavy (non-hydrogen) atoms. The quantitative estimate of drug-likeness (QED) is 0.769. The molecular formula is C21H25NO. The van der Waals surface area contributed by atoms with Crippen LogP contribution in [0.1, 0.15) is 36.8 Å². The van der Waals surface area contributed by atoms with Crippen molar-refractivity contribution in [2.75, 3.05) is 19.6 Å². The lowest BCUT2D eigenvalue weighted by molar-refractivity contribution is 0.216. The van der Waals surface area contributed by atoms with Gasteiger partial charge in [-0.1, -0.05) is 67.1 Å². The zero-order chi connectivity index (χ0) is 15.5. The van der Waals surface area contributed by atoms with Gasteiger partial charge in [0.1, 0.15) is 5.60 Å². The summed E-state index contributed by atoms with van der Waals surface area (Å²) in [5.74, 6) is 0. The molecule has 2 aliphatic heterocycles. The molecule has 0 bridgehead atoms. The maximum atomic E-state index is 6.34. The highest BCUT2D eigenvalue weighted by atomic mass is 16.6. The van der Waals surface area contributed by atoms with Gasteiger partial charge in [0.25, 0.3) is 0 Å². The molecule has 2 nitrogen and oxygen atoms in total. The summed E-state index contributed by atoms with van der Waals surface area (Å²) in [5, 5.41) is 0. The summed E-state index contributed by atoms with van der Waals surface area (Å²) < 4.78 is 6.34. The van der Waals surface area contributed by atoms with E-state index in [1.54, 1.807) is 0 Å². The number of nitrogens with zero attached hydrogens (tertiary/aromatic N) is 1. The molecule has 2 heteroatoms. The second-order valence-electron chi connectivity index (χ2n) is 6.77. The molecule has 0 aromatic heterocycles. The molecule has 0 amide bonds. The van der Waals surface area contributed by atoms with Crippen LogP contribution in [0, 0.1) is 0 Å². The first-order chi connectivity index (χ1) is 11.4. The summed E-state index contributed by atoms with van der Waals surface area (Å²) in [6.07, 6.45) is 5.52. The van der Waals surface area contributed by atoms with E-state index in [4.69, 9.17) is 4.74 Å². The van der Waals surface area contributed by atoms with Crippen LogP contribution in [0.3, 0.4) is 0 Å². The number of rotatable bonds is 5. The molecule has 2 aromatic carbocycles. The first-order valence-corrected chi connectivity index (χ1v) is 8.91. The average molecular weight is 307 g/mol. The van der Waals surface area contributed by atoms with Crippen molar-refractivity contribution in [1.82, 2.24) is 4.90 Å². The third-order valence-corrected chi connectivity index (χ3v) is 5.29. The number of hydrogen-bond acceptors (Lipinski definition) is 2. The van der Waals surface area contributed by atoms with Gasteiger partial charge in [-0.05, 0) is 43.5 Å². The normalized spacial score (nSPS) is 23.6. The first-order valence-electron chi connectivity index (χ1n) is 8.91. The molecule has 1 atom stereocenters. The molecule has 2 aromatic rings. The Hall–Kier alpha value is -1.64. The standard InChI is InChI=1S/C21H25NO/c1-4-10-18(11-5-1)21(19-12-6-2-7-13-19)20(23-21)14-17-22-15-8-3-9-16-22/h1-2,4-7,10-13,20H,3,8-9,14-17H2. The Balaban J connectivity index is 1.52. The van der Waals surface area contributed by atoms with Crippen molar-refractivity contribution < 1.29 is 4.74 Å². The average Bonchev–Trinajstić information content (AvgIpc) is 3.38. The molecule has 2 heterocycles. The molecule has 0 saturated carbocycles. The van der Waals surface area contributed by atoms with Crippen LogP contribution >= 0.6 is 0 Å². The van der Waals surface area contributed by atoms with Crippen LogP contribution in [0.2, 0.25) is 0 Å². The smallest absolute Gasteiger partial charge is 0.145 e. The lowest BCUT2D eigenvalue weighted by atomic mass is 9.87. The van der Waals surface area contributed by atoms with E-state index in [0.717, 1.165) is 13.0 Å². The monoisotopic (exact) mass is 307 g/mol. The van der Waals surface area contributed by atoms with Crippen molar-refractivity contribution in [3.63, 3.8) is 0 Å². The fourth-order valence-electron chi connectivity index (χ4n) is 3.98. The van der Waals surface area contributed by atoms with Crippen LogP contribution in [0.4, 0.5) is 0 Å². The van der Waals surface area contributed by atoms with Gasteiger partial charge in [0.15, 0.2) is 0 Å². The summed E-state index contributed by atoms with van der Waals surface area (Å²) in [6.45, 7) is 3.68. The molecule has 2 fully saturated rings. The van der Waals surface area contributed by atoms with E-state index in [0.29, 0.717) is 6.10 Å². The molecule has 2 saturated heterocycles. The highest BCUT2D eigenvalue weighted by Gasteiger charge is 2.58. The Morgan fingerprint density at radius 3 is 1.96 bits per heavy atom. The van der Waals surface area contributed by atoms with Gasteiger partial charge < -0.3 is 9.64 Å². The van der Waals surface area contributed by atoms with Crippen LogP contribution in [-0.4, -0.2) is 30.6 Å². The van der Waals surface area contributed by atoms with Crippen LogP contribution < -0.4 is 0 Å². The molecule has 0 aliphatic carbocycles. The third kappa shape index (κ3) is 2.93. The molecule has 4 rings (SSSR count). The highest BCUT2D eigenvalue weighted by molar-refractivity contribution is 5.42. The topological polar surface area (TPSA) is 15.8 Å². The Bertz CT molecular complexity index is 579. The summed E-state index contributed by atoms with van der Waals surface area (Å²) in [6, 6.07) is 21.4. The van der Waals surface area contributed by atoms with Gasteiger partial charge >= 0.3 is 0 Å². The van der Waals surface area contributed by atoms with E-state index in [1.807, 2.05) is 0 Å². The van der Waals surface area contributed by atoms with Crippen LogP contribution in [0.15, 0.2) is 60.7 Å². The van der Waals surface area contributed by atoms with Crippen molar-refractivity contribution in [3.8, 4) is 0 Å². The molecule has 2 aliphatic rings. The second kappa shape index (κ2) is 6.46. The minimum absolute atomic E-state index is 0.224. The molecule has 0 radical (unpaired) electrons. The number of benzene rings is 2. The van der Waals surface area contributed by atoms with Crippen LogP contribution in [0.25, 0.3) is 0 Å². The zero-order valence-corrected chi connectivity index (χ0v) is 13.7. The number of hydrogen-bond donors (Lipinski definition) is 0. The summed E-state index contributed by atoms with van der Waals surface area (Å²) in [7, 11) is 0. The minimum Gasteiger partial charge on any atom is -0.356 e. The Morgan fingerprint density at radius 2 is 1.39 bits per heavy atom. The van der Waals surface area contributed by atoms with E-state index in [2.05, 4.69) is 65.6 Å². The fourth-order valence-corrected chi connectivity index (χ4v) is 3.98. The van der Waals surface area contributed by atoms with Gasteiger partial charge in [0.05, 0.1) is 6.10 Å². The van der Waals surface area contributed by atoms with Crippen LogP contribution in [-0.2, 0) is 10.3 Å². The third-order valence-electron chi connectivity index (χ3n) is 5.29. The summed E-state index contributed by atoms with van der Waals surface area (Å²) >= 11 is 0. The van der Waals surface area contributed by atoms with Crippen molar-refractivity contribution >= 4 is 0 Å². The van der Waals surface area contributed by atoms with E-state index >= 15 is 0 Å². The van der Waals surface area contributed by atoms with Crippen molar-refractivity contribution in [1.29, 1.82) is 0 Å². The van der Waals surface area contributed by atoms with E-state index < -0.39 is 0 Å². The number of epoxide rings is 1. The maximum Gasteiger partial charge on any atom is 0.145 e. The van der Waals surface area contributed by atoms with Crippen LogP contribution in [0.5, 0.6) is 0 Å². The van der Waals surface area contributed by atoms with Gasteiger partial charge in [-0.25, -0.2) is 0 Å². The van der Waals surface area contributed by atoms with Gasteiger partial charge in [0, 0.05) is 6.54 Å². The maximum absolute atomic E-state index is 6.34. The highest BCUT2D eigenvalue weighted by Crippen LogP contribution is 2.53. The van der Waals surface area contributed by atoms with E-state index in [9.17, 15) is 0 Å².